The molecule has 3 aromatic rings. The number of hydrogen-bond donors (Lipinski definition) is 2. The van der Waals surface area contributed by atoms with Gasteiger partial charge in [0.15, 0.2) is 0 Å². The molecule has 120 valence electrons. The predicted octanol–water partition coefficient (Wildman–Crippen LogP) is 3.79. The molecule has 3 rings (SSSR count). The summed E-state index contributed by atoms with van der Waals surface area (Å²) in [6, 6.07) is 12.0. The number of thiophene rings is 1. The van der Waals surface area contributed by atoms with Crippen LogP contribution >= 0.6 is 11.3 Å². The number of nitrogens with zero attached hydrogens (tertiary/aromatic N) is 1. The molecule has 4 nitrogen and oxygen atoms in total. The fraction of sp³-hybridized carbons (Fsp3) is 0.333. The first-order chi connectivity index (χ1) is 11.1. The summed E-state index contributed by atoms with van der Waals surface area (Å²) in [6.07, 6.45) is 1.11. The summed E-state index contributed by atoms with van der Waals surface area (Å²) in [5.74, 6) is 1.37. The first kappa shape index (κ1) is 15.9. The topological polar surface area (TPSA) is 57.8 Å². The highest BCUT2D eigenvalue weighted by atomic mass is 32.1. The van der Waals surface area contributed by atoms with Crippen LogP contribution in [0.1, 0.15) is 26.1 Å². The van der Waals surface area contributed by atoms with E-state index in [0.29, 0.717) is 23.7 Å². The lowest BCUT2D eigenvalue weighted by Crippen LogP contribution is -2.20. The molecule has 0 unspecified atom stereocenters. The van der Waals surface area contributed by atoms with E-state index in [9.17, 15) is 4.79 Å². The fourth-order valence-electron chi connectivity index (χ4n) is 2.40. The van der Waals surface area contributed by atoms with E-state index in [1.807, 2.05) is 36.4 Å². The van der Waals surface area contributed by atoms with Crippen molar-refractivity contribution in [2.75, 3.05) is 6.54 Å². The zero-order chi connectivity index (χ0) is 16.2. The van der Waals surface area contributed by atoms with E-state index in [1.165, 1.54) is 0 Å². The van der Waals surface area contributed by atoms with Gasteiger partial charge in [0.2, 0.25) is 0 Å². The number of hydrogen-bond acceptors (Lipinski definition) is 4. The molecule has 0 amide bonds. The molecule has 0 fully saturated rings. The van der Waals surface area contributed by atoms with Gasteiger partial charge in [-0.1, -0.05) is 44.2 Å². The van der Waals surface area contributed by atoms with Crippen LogP contribution in [0.5, 0.6) is 0 Å². The minimum Gasteiger partial charge on any atom is -0.310 e. The van der Waals surface area contributed by atoms with Crippen molar-refractivity contribution in [3.63, 3.8) is 0 Å². The minimum atomic E-state index is -0.0610. The maximum absolute atomic E-state index is 12.3. The molecule has 0 aliphatic heterocycles. The largest absolute Gasteiger partial charge is 0.310 e. The second kappa shape index (κ2) is 7.06. The van der Waals surface area contributed by atoms with Crippen molar-refractivity contribution in [1.29, 1.82) is 0 Å². The van der Waals surface area contributed by atoms with Crippen molar-refractivity contribution >= 4 is 21.6 Å². The van der Waals surface area contributed by atoms with Crippen LogP contribution in [0, 0.1) is 5.92 Å². The summed E-state index contributed by atoms with van der Waals surface area (Å²) in [5, 5.41) is 4.00. The van der Waals surface area contributed by atoms with Crippen LogP contribution in [0.15, 0.2) is 41.2 Å². The van der Waals surface area contributed by atoms with Crippen LogP contribution in [-0.2, 0) is 6.54 Å². The van der Waals surface area contributed by atoms with Gasteiger partial charge < -0.3 is 10.3 Å². The zero-order valence-corrected chi connectivity index (χ0v) is 14.2. The molecular formula is C18H21N3OS. The number of aromatic nitrogens is 2. The predicted molar refractivity (Wildman–Crippen MR) is 96.8 cm³/mol. The fourth-order valence-corrected chi connectivity index (χ4v) is 3.46. The lowest BCUT2D eigenvalue weighted by Gasteiger charge is -2.06. The van der Waals surface area contributed by atoms with Crippen LogP contribution < -0.4 is 10.9 Å². The Kier molecular flexibility index (Phi) is 4.88. The third-order valence-electron chi connectivity index (χ3n) is 3.70. The molecule has 1 aromatic carbocycles. The average molecular weight is 327 g/mol. The average Bonchev–Trinajstić information content (AvgIpc) is 2.97. The van der Waals surface area contributed by atoms with Gasteiger partial charge in [0.1, 0.15) is 10.7 Å². The van der Waals surface area contributed by atoms with E-state index < -0.39 is 0 Å². The van der Waals surface area contributed by atoms with E-state index in [-0.39, 0.29) is 5.56 Å². The van der Waals surface area contributed by atoms with Crippen molar-refractivity contribution < 1.29 is 0 Å². The van der Waals surface area contributed by atoms with Crippen molar-refractivity contribution in [3.8, 4) is 10.4 Å². The van der Waals surface area contributed by atoms with Gasteiger partial charge >= 0.3 is 0 Å². The summed E-state index contributed by atoms with van der Waals surface area (Å²) < 4.78 is 0. The minimum absolute atomic E-state index is 0.0610. The monoisotopic (exact) mass is 327 g/mol. The van der Waals surface area contributed by atoms with E-state index in [1.54, 1.807) is 11.3 Å². The SMILES string of the molecule is CC(C)CCNCc1nc2sc(-c3ccccc3)cc2c(=O)[nH]1. The molecule has 0 spiro atoms. The third-order valence-corrected chi connectivity index (χ3v) is 4.78. The maximum Gasteiger partial charge on any atom is 0.259 e. The Balaban J connectivity index is 1.82. The number of nitrogens with one attached hydrogen (secondary N) is 2. The number of aromatic amines is 1. The van der Waals surface area contributed by atoms with E-state index >= 15 is 0 Å². The van der Waals surface area contributed by atoms with Crippen molar-refractivity contribution in [2.45, 2.75) is 26.8 Å². The Hall–Kier alpha value is -1.98. The first-order valence-electron chi connectivity index (χ1n) is 7.92. The molecule has 0 saturated heterocycles. The lowest BCUT2D eigenvalue weighted by molar-refractivity contribution is 0.532. The van der Waals surface area contributed by atoms with Crippen molar-refractivity contribution in [2.24, 2.45) is 5.92 Å². The summed E-state index contributed by atoms with van der Waals surface area (Å²) in [5.41, 5.74) is 1.06. The van der Waals surface area contributed by atoms with Crippen molar-refractivity contribution in [1.82, 2.24) is 15.3 Å². The molecule has 0 aliphatic carbocycles. The van der Waals surface area contributed by atoms with Gasteiger partial charge in [-0.05, 0) is 30.5 Å². The molecule has 2 heterocycles. The van der Waals surface area contributed by atoms with Gasteiger partial charge in [-0.15, -0.1) is 11.3 Å². The molecule has 23 heavy (non-hydrogen) atoms. The summed E-state index contributed by atoms with van der Waals surface area (Å²) >= 11 is 1.56. The highest BCUT2D eigenvalue weighted by molar-refractivity contribution is 7.21. The lowest BCUT2D eigenvalue weighted by atomic mass is 10.1. The number of benzene rings is 1. The molecule has 0 radical (unpaired) electrons. The van der Waals surface area contributed by atoms with E-state index in [2.05, 4.69) is 29.1 Å². The number of rotatable bonds is 6. The summed E-state index contributed by atoms with van der Waals surface area (Å²) in [4.78, 5) is 21.6. The molecule has 0 saturated carbocycles. The van der Waals surface area contributed by atoms with Gasteiger partial charge in [-0.25, -0.2) is 4.98 Å². The van der Waals surface area contributed by atoms with Gasteiger partial charge in [0, 0.05) is 4.88 Å². The van der Waals surface area contributed by atoms with Gasteiger partial charge in [0.05, 0.1) is 11.9 Å². The molecule has 2 aromatic heterocycles. The van der Waals surface area contributed by atoms with Crippen LogP contribution in [0.4, 0.5) is 0 Å². The second-order valence-electron chi connectivity index (χ2n) is 6.07. The molecule has 0 atom stereocenters. The Morgan fingerprint density at radius 1 is 1.26 bits per heavy atom. The molecular weight excluding hydrogens is 306 g/mol. The van der Waals surface area contributed by atoms with Crippen molar-refractivity contribution in [3.05, 3.63) is 52.6 Å². The second-order valence-corrected chi connectivity index (χ2v) is 7.10. The quantitative estimate of drug-likeness (QED) is 0.677. The maximum atomic E-state index is 12.3. The van der Waals surface area contributed by atoms with Crippen LogP contribution in [0.2, 0.25) is 0 Å². The number of H-pyrrole nitrogens is 1. The van der Waals surface area contributed by atoms with Gasteiger partial charge in [0.25, 0.3) is 5.56 Å². The first-order valence-corrected chi connectivity index (χ1v) is 8.74. The zero-order valence-electron chi connectivity index (χ0n) is 13.4. The van der Waals surface area contributed by atoms with Gasteiger partial charge in [-0.2, -0.15) is 0 Å². The Bertz CT molecular complexity index is 836. The van der Waals surface area contributed by atoms with Crippen LogP contribution in [-0.4, -0.2) is 16.5 Å². The molecule has 0 aliphatic rings. The highest BCUT2D eigenvalue weighted by Gasteiger charge is 2.10. The normalized spacial score (nSPS) is 11.4. The number of fused-ring (bicyclic) bond motifs is 1. The van der Waals surface area contributed by atoms with Crippen LogP contribution in [0.3, 0.4) is 0 Å². The molecule has 5 heteroatoms. The van der Waals surface area contributed by atoms with E-state index in [4.69, 9.17) is 0 Å². The Morgan fingerprint density at radius 3 is 2.78 bits per heavy atom. The third kappa shape index (κ3) is 3.86. The summed E-state index contributed by atoms with van der Waals surface area (Å²) in [6.45, 7) is 5.92. The smallest absolute Gasteiger partial charge is 0.259 e. The van der Waals surface area contributed by atoms with E-state index in [0.717, 1.165) is 28.2 Å². The standard InChI is InChI=1S/C18H21N3OS/c1-12(2)8-9-19-11-16-20-17(22)14-10-15(23-18(14)21-16)13-6-4-3-5-7-13/h3-7,10,12,19H,8-9,11H2,1-2H3,(H,20,21,22). The summed E-state index contributed by atoms with van der Waals surface area (Å²) in [7, 11) is 0. The Morgan fingerprint density at radius 2 is 2.04 bits per heavy atom. The highest BCUT2D eigenvalue weighted by Crippen LogP contribution is 2.30. The Labute approximate surface area is 139 Å². The van der Waals surface area contributed by atoms with Gasteiger partial charge in [-0.3, -0.25) is 4.79 Å². The molecule has 2 N–H and O–H groups in total. The van der Waals surface area contributed by atoms with Crippen LogP contribution in [0.25, 0.3) is 20.7 Å². The molecule has 0 bridgehead atoms.